The Kier molecular flexibility index (Phi) is 5.01. The van der Waals surface area contributed by atoms with Gasteiger partial charge in [-0.05, 0) is 36.4 Å². The van der Waals surface area contributed by atoms with E-state index in [1.54, 1.807) is 41.2 Å². The average molecular weight is 407 g/mol. The summed E-state index contributed by atoms with van der Waals surface area (Å²) in [6.45, 7) is 0. The number of carbonyl (C=O) groups excluding carboxylic acids is 2. The van der Waals surface area contributed by atoms with Crippen molar-refractivity contribution in [3.63, 3.8) is 0 Å². The van der Waals surface area contributed by atoms with Gasteiger partial charge in [0.1, 0.15) is 11.4 Å². The quantitative estimate of drug-likeness (QED) is 0.504. The van der Waals surface area contributed by atoms with Crippen molar-refractivity contribution in [1.29, 1.82) is 0 Å². The zero-order chi connectivity index (χ0) is 20.4. The first kappa shape index (κ1) is 18.7. The van der Waals surface area contributed by atoms with E-state index in [-0.39, 0.29) is 5.91 Å². The van der Waals surface area contributed by atoms with Crippen molar-refractivity contribution >= 4 is 33.9 Å². The van der Waals surface area contributed by atoms with Crippen LogP contribution < -0.4 is 10.1 Å². The number of esters is 1. The van der Waals surface area contributed by atoms with Gasteiger partial charge in [-0.1, -0.05) is 12.1 Å². The molecule has 0 unspecified atom stereocenters. The van der Waals surface area contributed by atoms with Gasteiger partial charge in [-0.3, -0.25) is 9.20 Å². The summed E-state index contributed by atoms with van der Waals surface area (Å²) < 4.78 is 11.7. The third-order valence-electron chi connectivity index (χ3n) is 4.41. The summed E-state index contributed by atoms with van der Waals surface area (Å²) in [6.07, 6.45) is 1.81. The second kappa shape index (κ2) is 7.76. The van der Waals surface area contributed by atoms with Crippen molar-refractivity contribution in [2.75, 3.05) is 19.5 Å². The molecule has 0 atom stereocenters. The number of thiazole rings is 1. The van der Waals surface area contributed by atoms with E-state index in [0.29, 0.717) is 21.9 Å². The zero-order valence-electron chi connectivity index (χ0n) is 15.7. The van der Waals surface area contributed by atoms with Gasteiger partial charge in [0.25, 0.3) is 5.91 Å². The monoisotopic (exact) mass is 407 g/mol. The molecule has 29 heavy (non-hydrogen) atoms. The van der Waals surface area contributed by atoms with E-state index >= 15 is 0 Å². The number of amides is 1. The Bertz CT molecular complexity index is 1190. The number of ether oxygens (including phenoxy) is 2. The van der Waals surface area contributed by atoms with Gasteiger partial charge < -0.3 is 14.8 Å². The number of benzene rings is 2. The van der Waals surface area contributed by atoms with Gasteiger partial charge in [0.15, 0.2) is 4.96 Å². The molecule has 2 aromatic carbocycles. The lowest BCUT2D eigenvalue weighted by molar-refractivity contribution is 0.0602. The van der Waals surface area contributed by atoms with Crippen LogP contribution in [-0.4, -0.2) is 35.5 Å². The fourth-order valence-corrected chi connectivity index (χ4v) is 3.77. The minimum atomic E-state index is -0.513. The SMILES string of the molecule is COC(=O)c1ccccc1NC(=O)c1csc2nc(-c3ccc(OC)cc3)cn12. The molecule has 2 aromatic heterocycles. The van der Waals surface area contributed by atoms with Crippen molar-refractivity contribution in [3.05, 3.63) is 71.4 Å². The third kappa shape index (κ3) is 3.57. The van der Waals surface area contributed by atoms with Gasteiger partial charge in [-0.25, -0.2) is 9.78 Å². The number of para-hydroxylation sites is 1. The van der Waals surface area contributed by atoms with E-state index < -0.39 is 5.97 Å². The van der Waals surface area contributed by atoms with Crippen LogP contribution in [0, 0.1) is 0 Å². The van der Waals surface area contributed by atoms with Gasteiger partial charge in [-0.15, -0.1) is 11.3 Å². The molecule has 0 saturated carbocycles. The molecule has 0 aliphatic rings. The number of nitrogens with one attached hydrogen (secondary N) is 1. The van der Waals surface area contributed by atoms with Crippen LogP contribution in [0.1, 0.15) is 20.8 Å². The van der Waals surface area contributed by atoms with Crippen LogP contribution >= 0.6 is 11.3 Å². The van der Waals surface area contributed by atoms with E-state index in [0.717, 1.165) is 17.0 Å². The fraction of sp³-hybridized carbons (Fsp3) is 0.0952. The summed E-state index contributed by atoms with van der Waals surface area (Å²) >= 11 is 1.37. The molecule has 0 saturated heterocycles. The maximum Gasteiger partial charge on any atom is 0.339 e. The number of hydrogen-bond donors (Lipinski definition) is 1. The highest BCUT2D eigenvalue weighted by Gasteiger charge is 2.18. The maximum absolute atomic E-state index is 12.9. The highest BCUT2D eigenvalue weighted by atomic mass is 32.1. The smallest absolute Gasteiger partial charge is 0.339 e. The normalized spacial score (nSPS) is 10.7. The Labute approximate surface area is 170 Å². The van der Waals surface area contributed by atoms with E-state index in [1.807, 2.05) is 30.5 Å². The zero-order valence-corrected chi connectivity index (χ0v) is 16.5. The number of nitrogens with zero attached hydrogens (tertiary/aromatic N) is 2. The van der Waals surface area contributed by atoms with Crippen molar-refractivity contribution in [3.8, 4) is 17.0 Å². The number of anilines is 1. The molecule has 1 N–H and O–H groups in total. The Morgan fingerprint density at radius 3 is 2.55 bits per heavy atom. The largest absolute Gasteiger partial charge is 0.497 e. The minimum absolute atomic E-state index is 0.291. The first-order valence-corrected chi connectivity index (χ1v) is 9.58. The lowest BCUT2D eigenvalue weighted by atomic mass is 10.1. The average Bonchev–Trinajstić information content (AvgIpc) is 3.34. The summed E-state index contributed by atoms with van der Waals surface area (Å²) in [5.41, 5.74) is 2.78. The first-order chi connectivity index (χ1) is 14.1. The number of imidazole rings is 1. The Morgan fingerprint density at radius 2 is 1.83 bits per heavy atom. The van der Waals surface area contributed by atoms with Crippen LogP contribution in [0.2, 0.25) is 0 Å². The molecule has 0 aliphatic carbocycles. The lowest BCUT2D eigenvalue weighted by Crippen LogP contribution is -2.16. The lowest BCUT2D eigenvalue weighted by Gasteiger charge is -2.09. The number of fused-ring (bicyclic) bond motifs is 1. The van der Waals surface area contributed by atoms with E-state index in [1.165, 1.54) is 18.4 Å². The van der Waals surface area contributed by atoms with E-state index in [2.05, 4.69) is 10.3 Å². The Hall–Kier alpha value is -3.65. The van der Waals surface area contributed by atoms with Crippen LogP contribution in [0.25, 0.3) is 16.2 Å². The van der Waals surface area contributed by atoms with Crippen LogP contribution in [0.15, 0.2) is 60.1 Å². The van der Waals surface area contributed by atoms with Gasteiger partial charge in [-0.2, -0.15) is 0 Å². The Balaban J connectivity index is 1.64. The van der Waals surface area contributed by atoms with Gasteiger partial charge in [0.2, 0.25) is 0 Å². The molecule has 146 valence electrons. The molecule has 0 radical (unpaired) electrons. The number of hydrogen-bond acceptors (Lipinski definition) is 6. The van der Waals surface area contributed by atoms with Crippen LogP contribution in [0.3, 0.4) is 0 Å². The van der Waals surface area contributed by atoms with Crippen molar-refractivity contribution < 1.29 is 19.1 Å². The van der Waals surface area contributed by atoms with Gasteiger partial charge >= 0.3 is 5.97 Å². The molecule has 4 aromatic rings. The highest BCUT2D eigenvalue weighted by Crippen LogP contribution is 2.26. The second-order valence-corrected chi connectivity index (χ2v) is 6.96. The van der Waals surface area contributed by atoms with Gasteiger partial charge in [0, 0.05) is 17.1 Å². The molecule has 7 nitrogen and oxygen atoms in total. The fourth-order valence-electron chi connectivity index (χ4n) is 2.91. The molecule has 4 rings (SSSR count). The first-order valence-electron chi connectivity index (χ1n) is 8.70. The maximum atomic E-state index is 12.9. The molecule has 8 heteroatoms. The van der Waals surface area contributed by atoms with Crippen LogP contribution in [0.4, 0.5) is 5.69 Å². The highest BCUT2D eigenvalue weighted by molar-refractivity contribution is 7.15. The predicted octanol–water partition coefficient (Wildman–Crippen LogP) is 4.11. The molecular weight excluding hydrogens is 390 g/mol. The topological polar surface area (TPSA) is 81.9 Å². The van der Waals surface area contributed by atoms with E-state index in [9.17, 15) is 9.59 Å². The molecule has 0 bridgehead atoms. The molecule has 0 fully saturated rings. The Morgan fingerprint density at radius 1 is 1.07 bits per heavy atom. The number of aromatic nitrogens is 2. The number of rotatable bonds is 5. The number of methoxy groups -OCH3 is 2. The van der Waals surface area contributed by atoms with Crippen molar-refractivity contribution in [2.45, 2.75) is 0 Å². The summed E-state index contributed by atoms with van der Waals surface area (Å²) in [5.74, 6) is -0.0915. The predicted molar refractivity (Wildman–Crippen MR) is 111 cm³/mol. The van der Waals surface area contributed by atoms with Crippen LogP contribution in [-0.2, 0) is 4.74 Å². The minimum Gasteiger partial charge on any atom is -0.497 e. The summed E-state index contributed by atoms with van der Waals surface area (Å²) in [7, 11) is 2.92. The molecular formula is C21H17N3O4S. The van der Waals surface area contributed by atoms with Gasteiger partial charge in [0.05, 0.1) is 31.2 Å². The number of carbonyl (C=O) groups is 2. The van der Waals surface area contributed by atoms with Crippen LogP contribution in [0.5, 0.6) is 5.75 Å². The standard InChI is InChI=1S/C21H17N3O4S/c1-27-14-9-7-13(8-10-14)17-11-24-18(12-29-21(24)23-17)19(25)22-16-6-4-3-5-15(16)20(26)28-2/h3-12H,1-2H3,(H,22,25). The third-order valence-corrected chi connectivity index (χ3v) is 5.25. The van der Waals surface area contributed by atoms with Crippen molar-refractivity contribution in [1.82, 2.24) is 9.38 Å². The molecule has 1 amide bonds. The molecule has 0 aliphatic heterocycles. The second-order valence-electron chi connectivity index (χ2n) is 6.12. The summed E-state index contributed by atoms with van der Waals surface area (Å²) in [5, 5.41) is 4.52. The molecule has 2 heterocycles. The summed E-state index contributed by atoms with van der Waals surface area (Å²) in [4.78, 5) is 30.1. The molecule has 0 spiro atoms. The van der Waals surface area contributed by atoms with Crippen molar-refractivity contribution in [2.24, 2.45) is 0 Å². The van der Waals surface area contributed by atoms with E-state index in [4.69, 9.17) is 9.47 Å². The summed E-state index contributed by atoms with van der Waals surface area (Å²) in [6, 6.07) is 14.3.